The van der Waals surface area contributed by atoms with E-state index in [1.807, 2.05) is 13.8 Å². The summed E-state index contributed by atoms with van der Waals surface area (Å²) in [4.78, 5) is 11.3. The molecule has 1 aromatic heterocycles. The van der Waals surface area contributed by atoms with Gasteiger partial charge in [0, 0.05) is 18.8 Å². The Balaban J connectivity index is 2.50. The van der Waals surface area contributed by atoms with Gasteiger partial charge in [-0.2, -0.15) is 10.4 Å². The molecule has 0 N–H and O–H groups in total. The first kappa shape index (κ1) is 11.4. The molecule has 1 rings (SSSR count). The maximum atomic E-state index is 11.3. The average Bonchev–Trinajstić information content (AvgIpc) is 2.21. The maximum Gasteiger partial charge on any atom is 0.266 e. The van der Waals surface area contributed by atoms with Gasteiger partial charge in [-0.1, -0.05) is 0 Å². The number of hydrogen-bond acceptors (Lipinski definition) is 3. The monoisotopic (exact) mass is 205 g/mol. The molecule has 0 unspecified atom stereocenters. The molecule has 15 heavy (non-hydrogen) atoms. The van der Waals surface area contributed by atoms with Crippen molar-refractivity contribution in [2.75, 3.05) is 0 Å². The number of hydrogen-bond donors (Lipinski definition) is 0. The summed E-state index contributed by atoms with van der Waals surface area (Å²) in [5.41, 5.74) is -0.412. The average molecular weight is 205 g/mol. The Bertz CT molecular complexity index is 414. The number of nitriles is 1. The van der Waals surface area contributed by atoms with E-state index in [1.54, 1.807) is 12.3 Å². The topological polar surface area (TPSA) is 58.7 Å². The second-order valence-electron chi connectivity index (χ2n) is 4.18. The lowest BCUT2D eigenvalue weighted by Gasteiger charge is -2.14. The van der Waals surface area contributed by atoms with Gasteiger partial charge in [0.2, 0.25) is 0 Å². The fourth-order valence-corrected chi connectivity index (χ4v) is 1.28. The minimum Gasteiger partial charge on any atom is -0.268 e. The SMILES string of the molecule is CC(C)(C#N)CCCn1ncccc1=O. The molecule has 0 radical (unpaired) electrons. The Labute approximate surface area is 89.2 Å². The molecule has 0 spiro atoms. The van der Waals surface area contributed by atoms with Gasteiger partial charge in [-0.05, 0) is 32.8 Å². The summed E-state index contributed by atoms with van der Waals surface area (Å²) in [6.45, 7) is 4.37. The third kappa shape index (κ3) is 3.55. The zero-order valence-corrected chi connectivity index (χ0v) is 9.10. The van der Waals surface area contributed by atoms with Crippen LogP contribution in [0, 0.1) is 16.7 Å². The Morgan fingerprint density at radius 1 is 1.60 bits per heavy atom. The van der Waals surface area contributed by atoms with Gasteiger partial charge in [-0.15, -0.1) is 0 Å². The van der Waals surface area contributed by atoms with Crippen LogP contribution in [0.3, 0.4) is 0 Å². The van der Waals surface area contributed by atoms with Gasteiger partial charge in [0.05, 0.1) is 11.5 Å². The molecular formula is C11H15N3O. The Morgan fingerprint density at radius 2 is 2.33 bits per heavy atom. The highest BCUT2D eigenvalue weighted by atomic mass is 16.1. The number of aromatic nitrogens is 2. The first-order valence-electron chi connectivity index (χ1n) is 4.98. The highest BCUT2D eigenvalue weighted by molar-refractivity contribution is 4.91. The molecule has 0 bridgehead atoms. The Hall–Kier alpha value is -1.63. The van der Waals surface area contributed by atoms with Crippen molar-refractivity contribution in [1.29, 1.82) is 5.26 Å². The van der Waals surface area contributed by atoms with Gasteiger partial charge in [-0.25, -0.2) is 4.68 Å². The van der Waals surface area contributed by atoms with Crippen molar-refractivity contribution in [3.05, 3.63) is 28.7 Å². The van der Waals surface area contributed by atoms with E-state index in [4.69, 9.17) is 5.26 Å². The molecule has 0 aromatic carbocycles. The lowest BCUT2D eigenvalue weighted by molar-refractivity contribution is 0.402. The minimum atomic E-state index is -0.321. The van der Waals surface area contributed by atoms with E-state index in [2.05, 4.69) is 11.2 Å². The van der Waals surface area contributed by atoms with Crippen LogP contribution in [0.15, 0.2) is 23.1 Å². The standard InChI is InChI=1S/C11H15N3O/c1-11(2,9-12)6-4-8-14-10(15)5-3-7-13-14/h3,5,7H,4,6,8H2,1-2H3. The summed E-state index contributed by atoms with van der Waals surface area (Å²) >= 11 is 0. The maximum absolute atomic E-state index is 11.3. The molecule has 0 atom stereocenters. The van der Waals surface area contributed by atoms with Crippen LogP contribution in [0.25, 0.3) is 0 Å². The molecule has 4 nitrogen and oxygen atoms in total. The molecule has 1 aromatic rings. The van der Waals surface area contributed by atoms with Gasteiger partial charge in [0.25, 0.3) is 5.56 Å². The molecule has 80 valence electrons. The van der Waals surface area contributed by atoms with E-state index in [0.29, 0.717) is 6.54 Å². The van der Waals surface area contributed by atoms with Crippen molar-refractivity contribution in [3.8, 4) is 6.07 Å². The molecule has 0 amide bonds. The highest BCUT2D eigenvalue weighted by Crippen LogP contribution is 2.20. The summed E-state index contributed by atoms with van der Waals surface area (Å²) in [5.74, 6) is 0. The van der Waals surface area contributed by atoms with E-state index in [1.165, 1.54) is 10.7 Å². The summed E-state index contributed by atoms with van der Waals surface area (Å²) in [7, 11) is 0. The first-order chi connectivity index (χ1) is 7.05. The fourth-order valence-electron chi connectivity index (χ4n) is 1.28. The second-order valence-corrected chi connectivity index (χ2v) is 4.18. The van der Waals surface area contributed by atoms with E-state index in [9.17, 15) is 4.79 Å². The number of rotatable bonds is 4. The zero-order chi connectivity index (χ0) is 11.3. The predicted molar refractivity (Wildman–Crippen MR) is 57.1 cm³/mol. The van der Waals surface area contributed by atoms with Crippen molar-refractivity contribution >= 4 is 0 Å². The number of aryl methyl sites for hydroxylation is 1. The molecular weight excluding hydrogens is 190 g/mol. The quantitative estimate of drug-likeness (QED) is 0.749. The first-order valence-corrected chi connectivity index (χ1v) is 4.98. The lowest BCUT2D eigenvalue weighted by Crippen LogP contribution is -2.22. The molecule has 1 heterocycles. The Kier molecular flexibility index (Phi) is 3.62. The van der Waals surface area contributed by atoms with E-state index >= 15 is 0 Å². The fraction of sp³-hybridized carbons (Fsp3) is 0.545. The summed E-state index contributed by atoms with van der Waals surface area (Å²) < 4.78 is 1.42. The van der Waals surface area contributed by atoms with Crippen LogP contribution in [0.5, 0.6) is 0 Å². The van der Waals surface area contributed by atoms with Crippen LogP contribution < -0.4 is 5.56 Å². The van der Waals surface area contributed by atoms with Crippen molar-refractivity contribution in [2.24, 2.45) is 5.41 Å². The van der Waals surface area contributed by atoms with Gasteiger partial charge in [-0.3, -0.25) is 4.79 Å². The second kappa shape index (κ2) is 4.74. The zero-order valence-electron chi connectivity index (χ0n) is 9.10. The largest absolute Gasteiger partial charge is 0.268 e. The van der Waals surface area contributed by atoms with Crippen LogP contribution in [-0.4, -0.2) is 9.78 Å². The van der Waals surface area contributed by atoms with Gasteiger partial charge < -0.3 is 0 Å². The van der Waals surface area contributed by atoms with Crippen LogP contribution in [-0.2, 0) is 6.54 Å². The predicted octanol–water partition coefficient (Wildman–Crippen LogP) is 1.57. The van der Waals surface area contributed by atoms with Gasteiger partial charge in [0.15, 0.2) is 0 Å². The van der Waals surface area contributed by atoms with E-state index in [0.717, 1.165) is 12.8 Å². The van der Waals surface area contributed by atoms with Crippen molar-refractivity contribution in [3.63, 3.8) is 0 Å². The Morgan fingerprint density at radius 3 is 2.93 bits per heavy atom. The normalized spacial score (nSPS) is 11.0. The smallest absolute Gasteiger partial charge is 0.266 e. The molecule has 0 aliphatic carbocycles. The highest BCUT2D eigenvalue weighted by Gasteiger charge is 2.15. The minimum absolute atomic E-state index is 0.0905. The molecule has 0 saturated heterocycles. The molecule has 0 saturated carbocycles. The summed E-state index contributed by atoms with van der Waals surface area (Å²) in [6, 6.07) is 5.35. The van der Waals surface area contributed by atoms with Gasteiger partial charge >= 0.3 is 0 Å². The summed E-state index contributed by atoms with van der Waals surface area (Å²) in [5, 5.41) is 12.8. The third-order valence-corrected chi connectivity index (χ3v) is 2.26. The number of nitrogens with zero attached hydrogens (tertiary/aromatic N) is 3. The lowest BCUT2D eigenvalue weighted by atomic mass is 9.90. The molecule has 0 aliphatic heterocycles. The molecule has 0 aliphatic rings. The van der Waals surface area contributed by atoms with Crippen LogP contribution in [0.2, 0.25) is 0 Å². The summed E-state index contributed by atoms with van der Waals surface area (Å²) in [6.07, 6.45) is 3.15. The van der Waals surface area contributed by atoms with Crippen LogP contribution in [0.1, 0.15) is 26.7 Å². The van der Waals surface area contributed by atoms with Crippen molar-refractivity contribution in [1.82, 2.24) is 9.78 Å². The van der Waals surface area contributed by atoms with E-state index < -0.39 is 0 Å². The van der Waals surface area contributed by atoms with Crippen LogP contribution in [0.4, 0.5) is 0 Å². The van der Waals surface area contributed by atoms with Crippen molar-refractivity contribution in [2.45, 2.75) is 33.2 Å². The molecule has 0 fully saturated rings. The van der Waals surface area contributed by atoms with Crippen molar-refractivity contribution < 1.29 is 0 Å². The third-order valence-electron chi connectivity index (χ3n) is 2.26. The van der Waals surface area contributed by atoms with Gasteiger partial charge in [0.1, 0.15) is 0 Å². The molecule has 4 heteroatoms. The van der Waals surface area contributed by atoms with E-state index in [-0.39, 0.29) is 11.0 Å². The van der Waals surface area contributed by atoms with Crippen LogP contribution >= 0.6 is 0 Å².